The highest BCUT2D eigenvalue weighted by Crippen LogP contribution is 2.23. The summed E-state index contributed by atoms with van der Waals surface area (Å²) in [5, 5.41) is 0. The molecule has 1 atom stereocenters. The van der Waals surface area contributed by atoms with Crippen LogP contribution >= 0.6 is 0 Å². The predicted octanol–water partition coefficient (Wildman–Crippen LogP) is 3.35. The zero-order valence-corrected chi connectivity index (χ0v) is 13.5. The molecule has 1 aromatic heterocycles. The molecule has 132 valence electrons. The van der Waals surface area contributed by atoms with Crippen LogP contribution < -0.4 is 0 Å². The number of hydrogen-bond acceptors (Lipinski definition) is 4. The third kappa shape index (κ3) is 5.41. The maximum absolute atomic E-state index is 13.4. The molecule has 2 aromatic rings. The number of ketones is 1. The first-order valence-electron chi connectivity index (χ1n) is 7.63. The van der Waals surface area contributed by atoms with E-state index in [1.807, 2.05) is 0 Å². The first-order valence-corrected chi connectivity index (χ1v) is 7.63. The average molecular weight is 351 g/mol. The highest BCUT2D eigenvalue weighted by Gasteiger charge is 2.25. The number of esters is 1. The van der Waals surface area contributed by atoms with Crippen molar-refractivity contribution in [1.82, 2.24) is 4.98 Å². The number of rotatable bonds is 7. The molecule has 0 bridgehead atoms. The molecule has 25 heavy (non-hydrogen) atoms. The Morgan fingerprint density at radius 3 is 2.32 bits per heavy atom. The van der Waals surface area contributed by atoms with Gasteiger partial charge < -0.3 is 4.74 Å². The van der Waals surface area contributed by atoms with E-state index in [4.69, 9.17) is 4.74 Å². The third-order valence-electron chi connectivity index (χ3n) is 3.48. The molecule has 7 heteroatoms. The van der Waals surface area contributed by atoms with Crippen LogP contribution in [0.5, 0.6) is 0 Å². The van der Waals surface area contributed by atoms with E-state index in [9.17, 15) is 22.8 Å². The Morgan fingerprint density at radius 2 is 1.76 bits per heavy atom. The molecule has 0 spiro atoms. The number of hydrogen-bond donors (Lipinski definition) is 0. The van der Waals surface area contributed by atoms with Crippen LogP contribution in [-0.4, -0.2) is 23.3 Å². The molecule has 0 fully saturated rings. The van der Waals surface area contributed by atoms with E-state index in [1.165, 1.54) is 6.07 Å². The topological polar surface area (TPSA) is 56.3 Å². The molecule has 4 nitrogen and oxygen atoms in total. The first-order chi connectivity index (χ1) is 11.9. The van der Waals surface area contributed by atoms with Gasteiger partial charge in [0.15, 0.2) is 5.78 Å². The zero-order valence-electron chi connectivity index (χ0n) is 13.5. The zero-order chi connectivity index (χ0) is 18.4. The van der Waals surface area contributed by atoms with Crippen molar-refractivity contribution < 1.29 is 27.5 Å². The summed E-state index contributed by atoms with van der Waals surface area (Å²) in [6.45, 7) is 1.73. The van der Waals surface area contributed by atoms with E-state index in [0.29, 0.717) is 0 Å². The second kappa shape index (κ2) is 8.41. The van der Waals surface area contributed by atoms with Crippen LogP contribution in [0.1, 0.15) is 30.5 Å². The molecule has 2 rings (SSSR count). The summed E-state index contributed by atoms with van der Waals surface area (Å²) in [7, 11) is 0. The number of ether oxygens (including phenoxy) is 1. The summed E-state index contributed by atoms with van der Waals surface area (Å²) < 4.78 is 44.6. The number of aromatic nitrogens is 1. The van der Waals surface area contributed by atoms with Crippen molar-refractivity contribution in [2.45, 2.75) is 25.7 Å². The molecule has 0 N–H and O–H groups in total. The number of carbonyl (C=O) groups excluding carboxylic acids is 2. The van der Waals surface area contributed by atoms with Gasteiger partial charge in [0.1, 0.15) is 23.9 Å². The summed E-state index contributed by atoms with van der Waals surface area (Å²) in [5.41, 5.74) is 0.436. The fourth-order valence-corrected chi connectivity index (χ4v) is 2.42. The molecule has 0 amide bonds. The number of halogens is 3. The minimum Gasteiger partial charge on any atom is -0.466 e. The lowest BCUT2D eigenvalue weighted by molar-refractivity contribution is -0.145. The van der Waals surface area contributed by atoms with Crippen molar-refractivity contribution in [1.29, 1.82) is 0 Å². The number of carbonyl (C=O) groups is 2. The van der Waals surface area contributed by atoms with Crippen LogP contribution in [-0.2, 0) is 20.7 Å². The lowest BCUT2D eigenvalue weighted by Gasteiger charge is -2.15. The Balaban J connectivity index is 2.29. The van der Waals surface area contributed by atoms with Gasteiger partial charge in [-0.1, -0.05) is 0 Å². The maximum atomic E-state index is 13.4. The van der Waals surface area contributed by atoms with Crippen molar-refractivity contribution in [3.8, 4) is 0 Å². The minimum absolute atomic E-state index is 0.0778. The number of benzene rings is 1. The van der Waals surface area contributed by atoms with Gasteiger partial charge in [-0.25, -0.2) is 13.2 Å². The number of pyridine rings is 1. The fourth-order valence-electron chi connectivity index (χ4n) is 2.42. The fraction of sp³-hybridized carbons (Fsp3) is 0.278. The molecule has 0 radical (unpaired) electrons. The Labute approximate surface area is 142 Å². The van der Waals surface area contributed by atoms with Crippen molar-refractivity contribution in [3.05, 3.63) is 65.2 Å². The molecule has 0 saturated heterocycles. The van der Waals surface area contributed by atoms with Crippen LogP contribution in [0.15, 0.2) is 36.5 Å². The largest absolute Gasteiger partial charge is 0.466 e. The molecule has 0 saturated carbocycles. The molecule has 0 aliphatic carbocycles. The van der Waals surface area contributed by atoms with Gasteiger partial charge in [-0.05, 0) is 43.2 Å². The van der Waals surface area contributed by atoms with Gasteiger partial charge in [0, 0.05) is 6.07 Å². The second-order valence-electron chi connectivity index (χ2n) is 5.38. The van der Waals surface area contributed by atoms with Gasteiger partial charge in [-0.15, -0.1) is 0 Å². The number of Topliss-reactive ketones (excluding diaryl/α,β-unsaturated/α-hetero) is 1. The first kappa shape index (κ1) is 18.6. The predicted molar refractivity (Wildman–Crippen MR) is 83.3 cm³/mol. The van der Waals surface area contributed by atoms with Gasteiger partial charge in [0.05, 0.1) is 24.4 Å². The van der Waals surface area contributed by atoms with Gasteiger partial charge in [0.2, 0.25) is 0 Å². The van der Waals surface area contributed by atoms with Crippen LogP contribution in [0.25, 0.3) is 0 Å². The SMILES string of the molecule is CCOC(=O)CC(=O)C(Cc1cc(F)cc(F)c1)c1ccc(F)cn1. The molecule has 1 aromatic carbocycles. The van der Waals surface area contributed by atoms with Crippen molar-refractivity contribution in [2.24, 2.45) is 0 Å². The van der Waals surface area contributed by atoms with E-state index >= 15 is 0 Å². The van der Waals surface area contributed by atoms with E-state index in [2.05, 4.69) is 4.98 Å². The van der Waals surface area contributed by atoms with E-state index in [1.54, 1.807) is 6.92 Å². The van der Waals surface area contributed by atoms with Gasteiger partial charge in [-0.3, -0.25) is 14.6 Å². The van der Waals surface area contributed by atoms with Crippen LogP contribution in [0.2, 0.25) is 0 Å². The van der Waals surface area contributed by atoms with Crippen LogP contribution in [0, 0.1) is 17.5 Å². The van der Waals surface area contributed by atoms with Gasteiger partial charge in [-0.2, -0.15) is 0 Å². The summed E-state index contributed by atoms with van der Waals surface area (Å²) in [5.74, 6) is -4.33. The van der Waals surface area contributed by atoms with E-state index in [0.717, 1.165) is 30.5 Å². The van der Waals surface area contributed by atoms with E-state index in [-0.39, 0.29) is 24.3 Å². The lowest BCUT2D eigenvalue weighted by atomic mass is 9.90. The quantitative estimate of drug-likeness (QED) is 0.567. The highest BCUT2D eigenvalue weighted by atomic mass is 19.1. The summed E-state index contributed by atoms with van der Waals surface area (Å²) in [6, 6.07) is 5.33. The van der Waals surface area contributed by atoms with Crippen LogP contribution in [0.3, 0.4) is 0 Å². The van der Waals surface area contributed by atoms with Gasteiger partial charge >= 0.3 is 5.97 Å². The Morgan fingerprint density at radius 1 is 1.08 bits per heavy atom. The molecule has 1 unspecified atom stereocenters. The van der Waals surface area contributed by atoms with E-state index < -0.39 is 41.5 Å². The lowest BCUT2D eigenvalue weighted by Crippen LogP contribution is -2.21. The monoisotopic (exact) mass is 351 g/mol. The minimum atomic E-state index is -0.953. The Bertz CT molecular complexity index is 742. The molecule has 0 aliphatic heterocycles. The van der Waals surface area contributed by atoms with Crippen molar-refractivity contribution in [3.63, 3.8) is 0 Å². The summed E-state index contributed by atoms with van der Waals surface area (Å²) >= 11 is 0. The average Bonchev–Trinajstić information content (AvgIpc) is 2.53. The summed E-state index contributed by atoms with van der Waals surface area (Å²) in [6.07, 6.45) is 0.354. The Hall–Kier alpha value is -2.70. The summed E-state index contributed by atoms with van der Waals surface area (Å²) in [4.78, 5) is 27.9. The van der Waals surface area contributed by atoms with Crippen LogP contribution in [0.4, 0.5) is 13.2 Å². The van der Waals surface area contributed by atoms with Crippen molar-refractivity contribution in [2.75, 3.05) is 6.61 Å². The maximum Gasteiger partial charge on any atom is 0.313 e. The second-order valence-corrected chi connectivity index (χ2v) is 5.38. The molecular formula is C18H16F3NO3. The standard InChI is InChI=1S/C18H16F3NO3/c1-2-25-18(24)9-17(23)15(16-4-3-12(19)10-22-16)7-11-5-13(20)8-14(21)6-11/h3-6,8,10,15H,2,7,9H2,1H3. The normalized spacial score (nSPS) is 11.8. The van der Waals surface area contributed by atoms with Crippen molar-refractivity contribution >= 4 is 11.8 Å². The smallest absolute Gasteiger partial charge is 0.313 e. The van der Waals surface area contributed by atoms with Gasteiger partial charge in [0.25, 0.3) is 0 Å². The molecule has 0 aliphatic rings. The molecule has 1 heterocycles. The Kier molecular flexibility index (Phi) is 6.27. The highest BCUT2D eigenvalue weighted by molar-refractivity contribution is 5.99. The molecular weight excluding hydrogens is 335 g/mol. The third-order valence-corrected chi connectivity index (χ3v) is 3.48. The number of nitrogens with zero attached hydrogens (tertiary/aromatic N) is 1.